The number of rotatable bonds is 9. The fraction of sp³-hybridized carbons (Fsp3) is 0.419. The zero-order valence-electron chi connectivity index (χ0n) is 24.9. The van der Waals surface area contributed by atoms with Crippen molar-refractivity contribution in [3.63, 3.8) is 0 Å². The molecule has 2 heterocycles. The van der Waals surface area contributed by atoms with Crippen LogP contribution in [0.3, 0.4) is 0 Å². The maximum absolute atomic E-state index is 13.4. The van der Waals surface area contributed by atoms with Gasteiger partial charge in [-0.05, 0) is 32.8 Å². The highest BCUT2D eigenvalue weighted by molar-refractivity contribution is 5.99. The zero-order chi connectivity index (χ0) is 31.7. The smallest absolute Gasteiger partial charge is 0.336 e. The number of hydrogen-bond donors (Lipinski definition) is 1. The first kappa shape index (κ1) is 32.8. The van der Waals surface area contributed by atoms with Crippen LogP contribution >= 0.6 is 0 Å². The SMILES string of the molecule is COc1ccnc(C(=O)NC2COC(=O)[C@H](Cc3ccccc3)C(OC(=O)C(C)C)[C@H](C)OC2=O)c1OC(=O)C=C(C)C. The lowest BCUT2D eigenvalue weighted by molar-refractivity contribution is -0.176. The molecule has 230 valence electrons. The molecule has 4 atom stereocenters. The van der Waals surface area contributed by atoms with E-state index in [0.29, 0.717) is 5.57 Å². The molecule has 12 nitrogen and oxygen atoms in total. The van der Waals surface area contributed by atoms with Gasteiger partial charge in [-0.2, -0.15) is 0 Å². The average molecular weight is 597 g/mol. The van der Waals surface area contributed by atoms with Gasteiger partial charge in [-0.3, -0.25) is 14.4 Å². The van der Waals surface area contributed by atoms with Crippen molar-refractivity contribution in [3.8, 4) is 11.5 Å². The van der Waals surface area contributed by atoms with Gasteiger partial charge < -0.3 is 29.0 Å². The highest BCUT2D eigenvalue weighted by Crippen LogP contribution is 2.30. The van der Waals surface area contributed by atoms with Crippen molar-refractivity contribution in [1.29, 1.82) is 0 Å². The van der Waals surface area contributed by atoms with Gasteiger partial charge in [0.15, 0.2) is 23.6 Å². The van der Waals surface area contributed by atoms with Crippen LogP contribution in [0.4, 0.5) is 0 Å². The quantitative estimate of drug-likeness (QED) is 0.258. The molecule has 2 aromatic rings. The molecule has 1 amide bonds. The van der Waals surface area contributed by atoms with E-state index in [0.717, 1.165) is 5.56 Å². The molecule has 1 saturated heterocycles. The van der Waals surface area contributed by atoms with Gasteiger partial charge in [-0.1, -0.05) is 49.8 Å². The van der Waals surface area contributed by atoms with Gasteiger partial charge in [0.2, 0.25) is 5.75 Å². The van der Waals surface area contributed by atoms with Crippen molar-refractivity contribution in [2.24, 2.45) is 11.8 Å². The van der Waals surface area contributed by atoms with E-state index in [4.69, 9.17) is 23.7 Å². The Morgan fingerprint density at radius 1 is 1.09 bits per heavy atom. The van der Waals surface area contributed by atoms with Crippen molar-refractivity contribution in [1.82, 2.24) is 10.3 Å². The number of allylic oxidation sites excluding steroid dienone is 1. The van der Waals surface area contributed by atoms with Crippen LogP contribution < -0.4 is 14.8 Å². The summed E-state index contributed by atoms with van der Waals surface area (Å²) in [5, 5.41) is 2.44. The van der Waals surface area contributed by atoms with Gasteiger partial charge in [-0.15, -0.1) is 0 Å². The third-order valence-corrected chi connectivity index (χ3v) is 6.38. The number of benzene rings is 1. The number of nitrogens with one attached hydrogen (secondary N) is 1. The van der Waals surface area contributed by atoms with Crippen LogP contribution in [0, 0.1) is 11.8 Å². The molecule has 1 aliphatic rings. The Bertz CT molecular complexity index is 1370. The molecule has 0 radical (unpaired) electrons. The Labute approximate surface area is 249 Å². The molecule has 1 aromatic carbocycles. The molecule has 0 bridgehead atoms. The predicted octanol–water partition coefficient (Wildman–Crippen LogP) is 2.98. The standard InChI is InChI=1S/C31H36N2O10/c1-17(2)14-24(34)42-27-23(39-6)12-13-32-25(27)28(35)33-22-16-40-30(37)21(15-20-10-8-7-9-11-20)26(19(5)41-31(22)38)43-29(36)18(3)4/h7-14,18-19,21-22,26H,15-16H2,1-6H3,(H,33,35)/t19-,21+,22?,26?/m0/s1. The van der Waals surface area contributed by atoms with Crippen molar-refractivity contribution >= 4 is 29.8 Å². The first-order valence-electron chi connectivity index (χ1n) is 13.7. The van der Waals surface area contributed by atoms with Crippen LogP contribution in [0.15, 0.2) is 54.2 Å². The maximum atomic E-state index is 13.4. The summed E-state index contributed by atoms with van der Waals surface area (Å²) >= 11 is 0. The number of nitrogens with zero attached hydrogens (tertiary/aromatic N) is 1. The summed E-state index contributed by atoms with van der Waals surface area (Å²) in [7, 11) is 1.32. The molecule has 43 heavy (non-hydrogen) atoms. The molecular formula is C31H36N2O10. The van der Waals surface area contributed by atoms with Crippen LogP contribution in [0.2, 0.25) is 0 Å². The van der Waals surface area contributed by atoms with E-state index in [1.54, 1.807) is 39.8 Å². The van der Waals surface area contributed by atoms with Crippen LogP contribution in [0.5, 0.6) is 11.5 Å². The molecule has 3 rings (SSSR count). The van der Waals surface area contributed by atoms with Gasteiger partial charge in [0.05, 0.1) is 13.0 Å². The number of aromatic nitrogens is 1. The van der Waals surface area contributed by atoms with Gasteiger partial charge in [0.25, 0.3) is 5.91 Å². The summed E-state index contributed by atoms with van der Waals surface area (Å²) in [6.07, 6.45) is 0.380. The van der Waals surface area contributed by atoms with Crippen LogP contribution in [-0.4, -0.2) is 66.7 Å². The topological polar surface area (TPSA) is 156 Å². The van der Waals surface area contributed by atoms with E-state index in [9.17, 15) is 24.0 Å². The number of methoxy groups -OCH3 is 1. The number of amides is 1. The Morgan fingerprint density at radius 3 is 2.42 bits per heavy atom. The summed E-state index contributed by atoms with van der Waals surface area (Å²) in [4.78, 5) is 68.9. The first-order chi connectivity index (χ1) is 20.4. The molecule has 1 aromatic heterocycles. The monoisotopic (exact) mass is 596 g/mol. The van der Waals surface area contributed by atoms with E-state index in [1.807, 2.05) is 18.2 Å². The van der Waals surface area contributed by atoms with Crippen molar-refractivity contribution < 1.29 is 47.7 Å². The van der Waals surface area contributed by atoms with E-state index in [2.05, 4.69) is 10.3 Å². The number of carbonyl (C=O) groups is 5. The zero-order valence-corrected chi connectivity index (χ0v) is 24.9. The van der Waals surface area contributed by atoms with Gasteiger partial charge in [0.1, 0.15) is 18.6 Å². The minimum Gasteiger partial charge on any atom is -0.493 e. The lowest BCUT2D eigenvalue weighted by Gasteiger charge is -2.29. The molecule has 1 fully saturated rings. The fourth-order valence-electron chi connectivity index (χ4n) is 4.19. The molecule has 0 saturated carbocycles. The molecule has 0 aliphatic carbocycles. The van der Waals surface area contributed by atoms with Gasteiger partial charge in [-0.25, -0.2) is 14.6 Å². The Morgan fingerprint density at radius 2 is 1.79 bits per heavy atom. The molecule has 1 aliphatic heterocycles. The highest BCUT2D eigenvalue weighted by Gasteiger charge is 2.42. The molecular weight excluding hydrogens is 560 g/mol. The fourth-order valence-corrected chi connectivity index (χ4v) is 4.19. The third kappa shape index (κ3) is 8.87. The maximum Gasteiger partial charge on any atom is 0.336 e. The second-order valence-electron chi connectivity index (χ2n) is 10.5. The van der Waals surface area contributed by atoms with E-state index in [1.165, 1.54) is 32.4 Å². The van der Waals surface area contributed by atoms with Crippen LogP contribution in [0.1, 0.15) is 50.7 Å². The van der Waals surface area contributed by atoms with E-state index in [-0.39, 0.29) is 23.6 Å². The minimum atomic E-state index is -1.47. The largest absolute Gasteiger partial charge is 0.493 e. The summed E-state index contributed by atoms with van der Waals surface area (Å²) in [6, 6.07) is 8.98. The second kappa shape index (κ2) is 14.9. The third-order valence-electron chi connectivity index (χ3n) is 6.38. The van der Waals surface area contributed by atoms with Crippen molar-refractivity contribution in [3.05, 3.63) is 65.5 Å². The van der Waals surface area contributed by atoms with Gasteiger partial charge in [0, 0.05) is 18.3 Å². The summed E-state index contributed by atoms with van der Waals surface area (Å²) < 4.78 is 27.3. The lowest BCUT2D eigenvalue weighted by Crippen LogP contribution is -2.47. The van der Waals surface area contributed by atoms with Crippen molar-refractivity contribution in [2.45, 2.75) is 59.3 Å². The molecule has 2 unspecified atom stereocenters. The highest BCUT2D eigenvalue weighted by atomic mass is 16.6. The normalized spacial score (nSPS) is 20.3. The number of carbonyl (C=O) groups excluding carboxylic acids is 5. The van der Waals surface area contributed by atoms with E-state index >= 15 is 0 Å². The lowest BCUT2D eigenvalue weighted by atomic mass is 9.91. The van der Waals surface area contributed by atoms with E-state index < -0.39 is 66.5 Å². The van der Waals surface area contributed by atoms with Crippen molar-refractivity contribution in [2.75, 3.05) is 13.7 Å². The van der Waals surface area contributed by atoms with Gasteiger partial charge >= 0.3 is 23.9 Å². The Kier molecular flexibility index (Phi) is 11.4. The molecule has 12 heteroatoms. The summed E-state index contributed by atoms with van der Waals surface area (Å²) in [5.74, 6) is -5.70. The first-order valence-corrected chi connectivity index (χ1v) is 13.7. The minimum absolute atomic E-state index is 0.0475. The Hall–Kier alpha value is -4.74. The number of ether oxygens (including phenoxy) is 5. The number of hydrogen-bond acceptors (Lipinski definition) is 11. The number of pyridine rings is 1. The number of esters is 4. The molecule has 1 N–H and O–H groups in total. The summed E-state index contributed by atoms with van der Waals surface area (Å²) in [6.45, 7) is 7.59. The Balaban J connectivity index is 1.90. The second-order valence-corrected chi connectivity index (χ2v) is 10.5. The predicted molar refractivity (Wildman–Crippen MR) is 152 cm³/mol. The van der Waals surface area contributed by atoms with Crippen LogP contribution in [-0.2, 0) is 39.8 Å². The molecule has 0 spiro atoms. The van der Waals surface area contributed by atoms with Crippen LogP contribution in [0.25, 0.3) is 0 Å². The number of cyclic esters (lactones) is 2. The summed E-state index contributed by atoms with van der Waals surface area (Å²) in [5.41, 5.74) is 1.08. The average Bonchev–Trinajstić information content (AvgIpc) is 2.99.